The van der Waals surface area contributed by atoms with Gasteiger partial charge in [0.25, 0.3) is 0 Å². The summed E-state index contributed by atoms with van der Waals surface area (Å²) in [6, 6.07) is 3.54. The average Bonchev–Trinajstić information content (AvgIpc) is 2.36. The van der Waals surface area contributed by atoms with Crippen LogP contribution in [0.4, 0.5) is 0 Å². The largest absolute Gasteiger partial charge is 0.494 e. The fourth-order valence-corrected chi connectivity index (χ4v) is 2.34. The topological polar surface area (TPSA) is 48.4 Å². The van der Waals surface area contributed by atoms with Gasteiger partial charge in [0.05, 0.1) is 13.2 Å². The van der Waals surface area contributed by atoms with E-state index in [0.29, 0.717) is 29.9 Å². The Morgan fingerprint density at radius 3 is 2.94 bits per heavy atom. The molecule has 0 spiro atoms. The Morgan fingerprint density at radius 2 is 2.28 bits per heavy atom. The quantitative estimate of drug-likeness (QED) is 0.727. The first kappa shape index (κ1) is 13.0. The van der Waals surface area contributed by atoms with Gasteiger partial charge in [-0.25, -0.2) is 4.98 Å². The number of pyridine rings is 1. The Labute approximate surface area is 107 Å². The Hall–Kier alpha value is -1.42. The Bertz CT molecular complexity index is 413. The van der Waals surface area contributed by atoms with Crippen molar-refractivity contribution in [1.29, 1.82) is 0 Å². The van der Waals surface area contributed by atoms with Gasteiger partial charge in [0.15, 0.2) is 5.78 Å². The van der Waals surface area contributed by atoms with Gasteiger partial charge < -0.3 is 9.47 Å². The lowest BCUT2D eigenvalue weighted by atomic mass is 9.78. The Kier molecular flexibility index (Phi) is 4.31. The molecular formula is C14H19NO3. The van der Waals surface area contributed by atoms with Crippen LogP contribution in [-0.2, 0) is 4.74 Å². The standard InChI is InChI=1S/C14H19NO3/c1-3-18-11-7-10(8-11)9-12(16)14-13(17-2)5-4-6-15-14/h4-6,10-11H,3,7-9H2,1-2H3. The van der Waals surface area contributed by atoms with Gasteiger partial charge >= 0.3 is 0 Å². The molecule has 1 aliphatic carbocycles. The van der Waals surface area contributed by atoms with Crippen LogP contribution in [0.3, 0.4) is 0 Å². The molecule has 0 N–H and O–H groups in total. The van der Waals surface area contributed by atoms with Crippen molar-refractivity contribution in [3.05, 3.63) is 24.0 Å². The third-order valence-electron chi connectivity index (χ3n) is 3.32. The number of rotatable bonds is 6. The van der Waals surface area contributed by atoms with E-state index in [1.54, 1.807) is 25.4 Å². The summed E-state index contributed by atoms with van der Waals surface area (Å²) in [4.78, 5) is 16.2. The lowest BCUT2D eigenvalue weighted by Gasteiger charge is -2.34. The number of Topliss-reactive ketones (excluding diaryl/α,β-unsaturated/α-hetero) is 1. The zero-order chi connectivity index (χ0) is 13.0. The molecule has 0 amide bonds. The highest BCUT2D eigenvalue weighted by Crippen LogP contribution is 2.34. The average molecular weight is 249 g/mol. The highest BCUT2D eigenvalue weighted by atomic mass is 16.5. The van der Waals surface area contributed by atoms with Crippen molar-refractivity contribution in [2.75, 3.05) is 13.7 Å². The van der Waals surface area contributed by atoms with Crippen molar-refractivity contribution in [1.82, 2.24) is 4.98 Å². The van der Waals surface area contributed by atoms with Crippen LogP contribution in [-0.4, -0.2) is 30.6 Å². The maximum absolute atomic E-state index is 12.1. The zero-order valence-electron chi connectivity index (χ0n) is 10.9. The second-order valence-electron chi connectivity index (χ2n) is 4.60. The molecule has 4 nitrogen and oxygen atoms in total. The number of carbonyl (C=O) groups is 1. The van der Waals surface area contributed by atoms with Gasteiger partial charge in [0.2, 0.25) is 0 Å². The van der Waals surface area contributed by atoms with Crippen LogP contribution in [0.1, 0.15) is 36.7 Å². The molecule has 1 heterocycles. The molecule has 0 saturated heterocycles. The Balaban J connectivity index is 1.89. The van der Waals surface area contributed by atoms with Crippen molar-refractivity contribution < 1.29 is 14.3 Å². The number of ether oxygens (including phenoxy) is 2. The first-order valence-corrected chi connectivity index (χ1v) is 6.38. The van der Waals surface area contributed by atoms with Gasteiger partial charge in [-0.3, -0.25) is 4.79 Å². The lowest BCUT2D eigenvalue weighted by Crippen LogP contribution is -2.32. The molecular weight excluding hydrogens is 230 g/mol. The number of carbonyl (C=O) groups excluding carboxylic acids is 1. The molecule has 1 fully saturated rings. The van der Waals surface area contributed by atoms with E-state index in [0.717, 1.165) is 19.4 Å². The molecule has 0 atom stereocenters. The molecule has 98 valence electrons. The lowest BCUT2D eigenvalue weighted by molar-refractivity contribution is -0.0246. The van der Waals surface area contributed by atoms with E-state index in [-0.39, 0.29) is 5.78 Å². The van der Waals surface area contributed by atoms with Crippen molar-refractivity contribution in [3.8, 4) is 5.75 Å². The SMILES string of the molecule is CCOC1CC(CC(=O)c2ncccc2OC)C1. The second-order valence-corrected chi connectivity index (χ2v) is 4.60. The first-order chi connectivity index (χ1) is 8.74. The highest BCUT2D eigenvalue weighted by molar-refractivity contribution is 5.96. The van der Waals surface area contributed by atoms with Gasteiger partial charge in [0, 0.05) is 19.2 Å². The fraction of sp³-hybridized carbons (Fsp3) is 0.571. The number of hydrogen-bond donors (Lipinski definition) is 0. The number of hydrogen-bond acceptors (Lipinski definition) is 4. The summed E-state index contributed by atoms with van der Waals surface area (Å²) in [6.07, 6.45) is 4.47. The van der Waals surface area contributed by atoms with Crippen molar-refractivity contribution in [3.63, 3.8) is 0 Å². The molecule has 0 radical (unpaired) electrons. The minimum atomic E-state index is 0.0624. The van der Waals surface area contributed by atoms with Gasteiger partial charge in [-0.2, -0.15) is 0 Å². The van der Waals surface area contributed by atoms with Crippen LogP contribution in [0, 0.1) is 5.92 Å². The van der Waals surface area contributed by atoms with Crippen LogP contribution in [0.5, 0.6) is 5.75 Å². The molecule has 1 aromatic rings. The van der Waals surface area contributed by atoms with Crippen LogP contribution in [0.2, 0.25) is 0 Å². The molecule has 0 unspecified atom stereocenters. The molecule has 1 aliphatic rings. The summed E-state index contributed by atoms with van der Waals surface area (Å²) in [7, 11) is 1.56. The molecule has 1 saturated carbocycles. The summed E-state index contributed by atoms with van der Waals surface area (Å²) in [6.45, 7) is 2.75. The van der Waals surface area contributed by atoms with Crippen molar-refractivity contribution in [2.24, 2.45) is 5.92 Å². The second kappa shape index (κ2) is 5.96. The van der Waals surface area contributed by atoms with Crippen molar-refractivity contribution in [2.45, 2.75) is 32.3 Å². The van der Waals surface area contributed by atoms with E-state index in [1.807, 2.05) is 6.92 Å². The molecule has 0 bridgehead atoms. The smallest absolute Gasteiger partial charge is 0.185 e. The van der Waals surface area contributed by atoms with E-state index < -0.39 is 0 Å². The summed E-state index contributed by atoms with van der Waals surface area (Å²) < 4.78 is 10.6. The summed E-state index contributed by atoms with van der Waals surface area (Å²) in [5.74, 6) is 1.05. The number of methoxy groups -OCH3 is 1. The minimum Gasteiger partial charge on any atom is -0.494 e. The van der Waals surface area contributed by atoms with Gasteiger partial charge in [-0.1, -0.05) is 0 Å². The van der Waals surface area contributed by atoms with Crippen LogP contribution >= 0.6 is 0 Å². The molecule has 1 aromatic heterocycles. The van der Waals surface area contributed by atoms with Gasteiger partial charge in [-0.05, 0) is 37.8 Å². The van der Waals surface area contributed by atoms with E-state index in [2.05, 4.69) is 4.98 Å². The van der Waals surface area contributed by atoms with Gasteiger partial charge in [-0.15, -0.1) is 0 Å². The van der Waals surface area contributed by atoms with Gasteiger partial charge in [0.1, 0.15) is 11.4 Å². The highest BCUT2D eigenvalue weighted by Gasteiger charge is 2.32. The van der Waals surface area contributed by atoms with Crippen LogP contribution < -0.4 is 4.74 Å². The van der Waals surface area contributed by atoms with E-state index in [1.165, 1.54) is 0 Å². The number of ketones is 1. The minimum absolute atomic E-state index is 0.0624. The summed E-state index contributed by atoms with van der Waals surface area (Å²) in [5, 5.41) is 0. The number of aromatic nitrogens is 1. The first-order valence-electron chi connectivity index (χ1n) is 6.38. The van der Waals surface area contributed by atoms with E-state index in [4.69, 9.17) is 9.47 Å². The zero-order valence-corrected chi connectivity index (χ0v) is 10.9. The maximum Gasteiger partial charge on any atom is 0.185 e. The molecule has 4 heteroatoms. The predicted molar refractivity (Wildman–Crippen MR) is 67.9 cm³/mol. The van der Waals surface area contributed by atoms with E-state index >= 15 is 0 Å². The molecule has 2 rings (SSSR count). The maximum atomic E-state index is 12.1. The normalized spacial score (nSPS) is 22.3. The molecule has 18 heavy (non-hydrogen) atoms. The third kappa shape index (κ3) is 2.88. The Morgan fingerprint density at radius 1 is 1.50 bits per heavy atom. The van der Waals surface area contributed by atoms with Crippen LogP contribution in [0.25, 0.3) is 0 Å². The third-order valence-corrected chi connectivity index (χ3v) is 3.32. The summed E-state index contributed by atoms with van der Waals surface area (Å²) in [5.41, 5.74) is 0.444. The number of nitrogens with zero attached hydrogens (tertiary/aromatic N) is 1. The van der Waals surface area contributed by atoms with E-state index in [9.17, 15) is 4.79 Å². The van der Waals surface area contributed by atoms with Crippen molar-refractivity contribution >= 4 is 5.78 Å². The van der Waals surface area contributed by atoms with Crippen LogP contribution in [0.15, 0.2) is 18.3 Å². The predicted octanol–water partition coefficient (Wildman–Crippen LogP) is 2.48. The fourth-order valence-electron chi connectivity index (χ4n) is 2.34. The molecule has 0 aliphatic heterocycles. The summed E-state index contributed by atoms with van der Waals surface area (Å²) >= 11 is 0. The molecule has 0 aromatic carbocycles. The monoisotopic (exact) mass is 249 g/mol.